The number of nitrogens with zero attached hydrogens (tertiary/aromatic N) is 5. The van der Waals surface area contributed by atoms with Crippen molar-refractivity contribution in [2.75, 3.05) is 26.7 Å². The molecule has 0 spiro atoms. The quantitative estimate of drug-likeness (QED) is 0.799. The lowest BCUT2D eigenvalue weighted by Crippen LogP contribution is -2.44. The third-order valence-corrected chi connectivity index (χ3v) is 4.65. The van der Waals surface area contributed by atoms with Crippen molar-refractivity contribution in [3.8, 4) is 0 Å². The molecule has 120 valence electrons. The first-order valence-electron chi connectivity index (χ1n) is 7.88. The molecule has 0 aliphatic carbocycles. The van der Waals surface area contributed by atoms with E-state index < -0.39 is 0 Å². The van der Waals surface area contributed by atoms with E-state index in [9.17, 15) is 9.59 Å². The highest BCUT2D eigenvalue weighted by molar-refractivity contribution is 5.89. The van der Waals surface area contributed by atoms with Gasteiger partial charge in [-0.3, -0.25) is 9.59 Å². The standard InChI is InChI=1S/C15H23N5O2/c1-10-16-11(2)20(17-10)13-5-4-6-19(9-13)15(22)12-7-14(21)18(3)8-12/h12-13H,4-9H2,1-3H3/t12-,13+/m0/s1. The maximum atomic E-state index is 12.7. The summed E-state index contributed by atoms with van der Waals surface area (Å²) in [5.74, 6) is 1.65. The molecule has 2 atom stereocenters. The average molecular weight is 305 g/mol. The van der Waals surface area contributed by atoms with Gasteiger partial charge in [0.2, 0.25) is 11.8 Å². The number of carbonyl (C=O) groups excluding carboxylic acids is 2. The number of aryl methyl sites for hydroxylation is 2. The Kier molecular flexibility index (Phi) is 3.88. The molecule has 1 aromatic heterocycles. The average Bonchev–Trinajstić information content (AvgIpc) is 3.00. The third kappa shape index (κ3) is 2.71. The van der Waals surface area contributed by atoms with Crippen LogP contribution < -0.4 is 0 Å². The zero-order chi connectivity index (χ0) is 15.9. The molecule has 2 saturated heterocycles. The van der Waals surface area contributed by atoms with E-state index in [1.165, 1.54) is 0 Å². The molecule has 7 heteroatoms. The number of rotatable bonds is 2. The molecule has 7 nitrogen and oxygen atoms in total. The van der Waals surface area contributed by atoms with Gasteiger partial charge in [-0.1, -0.05) is 0 Å². The smallest absolute Gasteiger partial charge is 0.228 e. The van der Waals surface area contributed by atoms with Crippen LogP contribution in [0.2, 0.25) is 0 Å². The second-order valence-corrected chi connectivity index (χ2v) is 6.41. The fraction of sp³-hybridized carbons (Fsp3) is 0.733. The number of hydrogen-bond donors (Lipinski definition) is 0. The highest BCUT2D eigenvalue weighted by atomic mass is 16.2. The van der Waals surface area contributed by atoms with Crippen molar-refractivity contribution in [2.24, 2.45) is 5.92 Å². The molecular formula is C15H23N5O2. The number of carbonyl (C=O) groups is 2. The van der Waals surface area contributed by atoms with Crippen LogP contribution in [0.4, 0.5) is 0 Å². The lowest BCUT2D eigenvalue weighted by Gasteiger charge is -2.34. The Labute approximate surface area is 130 Å². The summed E-state index contributed by atoms with van der Waals surface area (Å²) in [4.78, 5) is 32.2. The van der Waals surface area contributed by atoms with Gasteiger partial charge in [0.05, 0.1) is 12.0 Å². The fourth-order valence-corrected chi connectivity index (χ4v) is 3.52. The van der Waals surface area contributed by atoms with Crippen LogP contribution in [-0.2, 0) is 9.59 Å². The van der Waals surface area contributed by atoms with Gasteiger partial charge in [-0.15, -0.1) is 0 Å². The van der Waals surface area contributed by atoms with Gasteiger partial charge in [-0.2, -0.15) is 5.10 Å². The van der Waals surface area contributed by atoms with Gasteiger partial charge in [-0.05, 0) is 26.7 Å². The Morgan fingerprint density at radius 1 is 1.27 bits per heavy atom. The van der Waals surface area contributed by atoms with E-state index in [1.54, 1.807) is 11.9 Å². The fourth-order valence-electron chi connectivity index (χ4n) is 3.52. The number of amides is 2. The zero-order valence-corrected chi connectivity index (χ0v) is 13.4. The summed E-state index contributed by atoms with van der Waals surface area (Å²) in [5, 5.41) is 4.45. The molecule has 2 amide bonds. The molecule has 2 aliphatic heterocycles. The summed E-state index contributed by atoms with van der Waals surface area (Å²) >= 11 is 0. The molecular weight excluding hydrogens is 282 g/mol. The van der Waals surface area contributed by atoms with Crippen LogP contribution >= 0.6 is 0 Å². The molecule has 0 unspecified atom stereocenters. The van der Waals surface area contributed by atoms with Crippen molar-refractivity contribution in [3.05, 3.63) is 11.6 Å². The summed E-state index contributed by atoms with van der Waals surface area (Å²) in [6.45, 7) is 5.81. The van der Waals surface area contributed by atoms with Crippen molar-refractivity contribution in [2.45, 2.75) is 39.2 Å². The van der Waals surface area contributed by atoms with Gasteiger partial charge in [-0.25, -0.2) is 9.67 Å². The normalized spacial score (nSPS) is 25.9. The first-order chi connectivity index (χ1) is 10.5. The van der Waals surface area contributed by atoms with Crippen molar-refractivity contribution in [1.29, 1.82) is 0 Å². The number of aromatic nitrogens is 3. The van der Waals surface area contributed by atoms with Crippen LogP contribution in [0.15, 0.2) is 0 Å². The number of hydrogen-bond acceptors (Lipinski definition) is 4. The largest absolute Gasteiger partial charge is 0.345 e. The van der Waals surface area contributed by atoms with Gasteiger partial charge in [0, 0.05) is 33.1 Å². The van der Waals surface area contributed by atoms with Crippen LogP contribution in [-0.4, -0.2) is 63.1 Å². The minimum Gasteiger partial charge on any atom is -0.345 e. The van der Waals surface area contributed by atoms with Crippen LogP contribution in [0.3, 0.4) is 0 Å². The van der Waals surface area contributed by atoms with Crippen LogP contribution in [0.5, 0.6) is 0 Å². The molecule has 22 heavy (non-hydrogen) atoms. The van der Waals surface area contributed by atoms with E-state index in [2.05, 4.69) is 10.1 Å². The van der Waals surface area contributed by atoms with Crippen LogP contribution in [0.25, 0.3) is 0 Å². The molecule has 0 radical (unpaired) electrons. The van der Waals surface area contributed by atoms with Gasteiger partial charge in [0.25, 0.3) is 0 Å². The summed E-state index contributed by atoms with van der Waals surface area (Å²) in [6, 6.07) is 0.189. The molecule has 0 saturated carbocycles. The Morgan fingerprint density at radius 2 is 2.05 bits per heavy atom. The molecule has 1 aromatic rings. The van der Waals surface area contributed by atoms with E-state index in [1.807, 2.05) is 23.4 Å². The van der Waals surface area contributed by atoms with Crippen molar-refractivity contribution < 1.29 is 9.59 Å². The Balaban J connectivity index is 1.69. The first-order valence-corrected chi connectivity index (χ1v) is 7.88. The summed E-state index contributed by atoms with van der Waals surface area (Å²) < 4.78 is 1.95. The topological polar surface area (TPSA) is 71.3 Å². The maximum absolute atomic E-state index is 12.7. The number of piperidine rings is 1. The Hall–Kier alpha value is -1.92. The number of likely N-dealkylation sites (tertiary alicyclic amines) is 2. The van der Waals surface area contributed by atoms with E-state index in [-0.39, 0.29) is 23.8 Å². The Morgan fingerprint density at radius 3 is 2.64 bits per heavy atom. The van der Waals surface area contributed by atoms with Gasteiger partial charge in [0.1, 0.15) is 11.6 Å². The molecule has 2 fully saturated rings. The van der Waals surface area contributed by atoms with Crippen LogP contribution in [0.1, 0.15) is 37.0 Å². The van der Waals surface area contributed by atoms with E-state index in [0.717, 1.165) is 31.0 Å². The first kappa shape index (κ1) is 15.0. The van der Waals surface area contributed by atoms with Gasteiger partial charge in [0.15, 0.2) is 0 Å². The molecule has 3 heterocycles. The minimum atomic E-state index is -0.185. The summed E-state index contributed by atoms with van der Waals surface area (Å²) in [7, 11) is 1.76. The summed E-state index contributed by atoms with van der Waals surface area (Å²) in [6.07, 6.45) is 2.32. The molecule has 0 aromatic carbocycles. The molecule has 0 bridgehead atoms. The van der Waals surface area contributed by atoms with Gasteiger partial charge >= 0.3 is 0 Å². The highest BCUT2D eigenvalue weighted by Crippen LogP contribution is 2.25. The van der Waals surface area contributed by atoms with Crippen molar-refractivity contribution in [1.82, 2.24) is 24.6 Å². The van der Waals surface area contributed by atoms with E-state index in [0.29, 0.717) is 19.5 Å². The predicted molar refractivity (Wildman–Crippen MR) is 80.1 cm³/mol. The SMILES string of the molecule is Cc1nc(C)n([C@@H]2CCCN(C(=O)[C@H]3CC(=O)N(C)C3)C2)n1. The molecule has 3 rings (SSSR count). The molecule has 0 N–H and O–H groups in total. The monoisotopic (exact) mass is 305 g/mol. The van der Waals surface area contributed by atoms with Crippen molar-refractivity contribution in [3.63, 3.8) is 0 Å². The maximum Gasteiger partial charge on any atom is 0.228 e. The zero-order valence-electron chi connectivity index (χ0n) is 13.4. The minimum absolute atomic E-state index is 0.0645. The van der Waals surface area contributed by atoms with E-state index >= 15 is 0 Å². The van der Waals surface area contributed by atoms with Gasteiger partial charge < -0.3 is 9.80 Å². The second-order valence-electron chi connectivity index (χ2n) is 6.41. The lowest BCUT2D eigenvalue weighted by atomic mass is 10.0. The molecule has 2 aliphatic rings. The lowest BCUT2D eigenvalue weighted by molar-refractivity contribution is -0.137. The predicted octanol–water partition coefficient (Wildman–Crippen LogP) is 0.537. The second kappa shape index (κ2) is 5.70. The third-order valence-electron chi connectivity index (χ3n) is 4.65. The Bertz CT molecular complexity index is 597. The van der Waals surface area contributed by atoms with Crippen LogP contribution in [0, 0.1) is 19.8 Å². The summed E-state index contributed by atoms with van der Waals surface area (Å²) in [5.41, 5.74) is 0. The highest BCUT2D eigenvalue weighted by Gasteiger charge is 2.36. The van der Waals surface area contributed by atoms with Crippen molar-refractivity contribution >= 4 is 11.8 Å². The van der Waals surface area contributed by atoms with E-state index in [4.69, 9.17) is 0 Å².